The third kappa shape index (κ3) is 4.39. The van der Waals surface area contributed by atoms with Gasteiger partial charge in [0.1, 0.15) is 17.7 Å². The summed E-state index contributed by atoms with van der Waals surface area (Å²) in [7, 11) is 0. The molecule has 2 aliphatic carbocycles. The zero-order chi connectivity index (χ0) is 24.5. The van der Waals surface area contributed by atoms with Crippen molar-refractivity contribution in [3.05, 3.63) is 59.7 Å². The lowest BCUT2D eigenvalue weighted by Gasteiger charge is -2.34. The van der Waals surface area contributed by atoms with E-state index in [1.807, 2.05) is 43.3 Å². The van der Waals surface area contributed by atoms with Gasteiger partial charge in [0, 0.05) is 5.92 Å². The molecule has 2 aromatic carbocycles. The summed E-state index contributed by atoms with van der Waals surface area (Å²) < 4.78 is 5.64. The number of carbonyl (C=O) groups is 3. The molecule has 34 heavy (non-hydrogen) atoms. The minimum absolute atomic E-state index is 0.0624. The van der Waals surface area contributed by atoms with Crippen LogP contribution in [0.4, 0.5) is 4.79 Å². The van der Waals surface area contributed by atoms with Crippen molar-refractivity contribution in [2.24, 2.45) is 5.92 Å². The number of carboxylic acids is 1. The van der Waals surface area contributed by atoms with Crippen molar-refractivity contribution >= 4 is 18.0 Å². The Morgan fingerprint density at radius 2 is 1.53 bits per heavy atom. The van der Waals surface area contributed by atoms with Crippen molar-refractivity contribution in [3.63, 3.8) is 0 Å². The number of nitrogens with one attached hydrogen (secondary N) is 2. The Morgan fingerprint density at radius 3 is 2.03 bits per heavy atom. The molecule has 0 bridgehead atoms. The number of ether oxygens (including phenoxy) is 1. The minimum Gasteiger partial charge on any atom is -0.480 e. The summed E-state index contributed by atoms with van der Waals surface area (Å²) in [6, 6.07) is 16.2. The largest absolute Gasteiger partial charge is 0.480 e. The lowest BCUT2D eigenvalue weighted by Crippen LogP contribution is -2.64. The van der Waals surface area contributed by atoms with E-state index in [9.17, 15) is 19.5 Å². The maximum Gasteiger partial charge on any atom is 0.408 e. The van der Waals surface area contributed by atoms with Crippen LogP contribution in [0.2, 0.25) is 0 Å². The maximum absolute atomic E-state index is 13.2. The molecule has 4 rings (SSSR count). The summed E-state index contributed by atoms with van der Waals surface area (Å²) >= 11 is 0. The van der Waals surface area contributed by atoms with Crippen LogP contribution in [-0.2, 0) is 14.3 Å². The molecule has 0 aromatic heterocycles. The number of carboxylic acid groups (broad SMARTS) is 1. The van der Waals surface area contributed by atoms with E-state index in [4.69, 9.17) is 4.74 Å². The van der Waals surface area contributed by atoms with Crippen molar-refractivity contribution < 1.29 is 24.2 Å². The van der Waals surface area contributed by atoms with Gasteiger partial charge >= 0.3 is 12.1 Å². The average Bonchev–Trinajstić information content (AvgIpc) is 3.61. The quantitative estimate of drug-likeness (QED) is 0.508. The molecule has 0 saturated heterocycles. The molecule has 0 heterocycles. The van der Waals surface area contributed by atoms with Crippen molar-refractivity contribution in [2.45, 2.75) is 63.5 Å². The number of amides is 2. The Balaban J connectivity index is 1.46. The summed E-state index contributed by atoms with van der Waals surface area (Å²) in [6.07, 6.45) is 1.78. The zero-order valence-electron chi connectivity index (χ0n) is 19.9. The van der Waals surface area contributed by atoms with Crippen LogP contribution in [0.1, 0.15) is 63.5 Å². The molecule has 0 spiro atoms. The molecule has 0 aliphatic heterocycles. The highest BCUT2D eigenvalue weighted by atomic mass is 16.5. The summed E-state index contributed by atoms with van der Waals surface area (Å²) in [4.78, 5) is 37.9. The summed E-state index contributed by atoms with van der Waals surface area (Å²) in [5.74, 6) is -1.74. The van der Waals surface area contributed by atoms with Crippen LogP contribution in [0.25, 0.3) is 11.1 Å². The van der Waals surface area contributed by atoms with Gasteiger partial charge < -0.3 is 20.5 Å². The Labute approximate surface area is 199 Å². The third-order valence-electron chi connectivity index (χ3n) is 7.18. The molecular formula is C27H32N2O5. The number of rotatable bonds is 9. The van der Waals surface area contributed by atoms with Crippen molar-refractivity contribution in [1.82, 2.24) is 10.6 Å². The maximum atomic E-state index is 13.2. The normalized spacial score (nSPS) is 18.1. The van der Waals surface area contributed by atoms with Gasteiger partial charge in [-0.1, -0.05) is 61.9 Å². The topological polar surface area (TPSA) is 105 Å². The van der Waals surface area contributed by atoms with Crippen LogP contribution >= 0.6 is 0 Å². The second-order valence-corrected chi connectivity index (χ2v) is 9.77. The Hall–Kier alpha value is -3.35. The number of hydrogen-bond acceptors (Lipinski definition) is 4. The highest BCUT2D eigenvalue weighted by Gasteiger charge is 2.51. The predicted octanol–water partition coefficient (Wildman–Crippen LogP) is 4.45. The summed E-state index contributed by atoms with van der Waals surface area (Å²) in [6.45, 7) is 5.15. The molecule has 1 saturated carbocycles. The SMILES string of the molecule is CCCC(C)(NC(=O)C(C)(NC(=O)OCC1c2ccccc2-c2ccccc21)C1CC1)C(=O)O. The molecule has 2 amide bonds. The second-order valence-electron chi connectivity index (χ2n) is 9.77. The average molecular weight is 465 g/mol. The molecule has 7 nitrogen and oxygen atoms in total. The van der Waals surface area contributed by atoms with Crippen LogP contribution < -0.4 is 10.6 Å². The molecule has 2 atom stereocenters. The van der Waals surface area contributed by atoms with Gasteiger partial charge in [-0.15, -0.1) is 0 Å². The lowest BCUT2D eigenvalue weighted by atomic mass is 9.90. The van der Waals surface area contributed by atoms with E-state index < -0.39 is 29.0 Å². The standard InChI is InChI=1S/C27H32N2O5/c1-4-15-26(2,24(31)32)28-23(30)27(3,17-13-14-17)29-25(33)34-16-22-20-11-7-5-9-18(20)19-10-6-8-12-21(19)22/h5-12,17,22H,4,13-16H2,1-3H3,(H,28,30)(H,29,33)(H,31,32). The molecule has 180 valence electrons. The Morgan fingerprint density at radius 1 is 0.971 bits per heavy atom. The highest BCUT2D eigenvalue weighted by molar-refractivity contribution is 5.94. The number of aliphatic carboxylic acids is 1. The first-order valence-electron chi connectivity index (χ1n) is 11.9. The van der Waals surface area contributed by atoms with Gasteiger partial charge in [-0.05, 0) is 61.3 Å². The van der Waals surface area contributed by atoms with Crippen LogP contribution in [0.15, 0.2) is 48.5 Å². The molecule has 0 radical (unpaired) electrons. The van der Waals surface area contributed by atoms with E-state index in [2.05, 4.69) is 22.8 Å². The van der Waals surface area contributed by atoms with Gasteiger partial charge in [-0.3, -0.25) is 4.79 Å². The van der Waals surface area contributed by atoms with Gasteiger partial charge in [0.2, 0.25) is 5.91 Å². The van der Waals surface area contributed by atoms with E-state index in [0.29, 0.717) is 12.8 Å². The van der Waals surface area contributed by atoms with Crippen LogP contribution in [0.3, 0.4) is 0 Å². The molecule has 3 N–H and O–H groups in total. The number of benzene rings is 2. The molecular weight excluding hydrogens is 432 g/mol. The van der Waals surface area contributed by atoms with Gasteiger partial charge in [-0.2, -0.15) is 0 Å². The Bertz CT molecular complexity index is 1070. The first-order valence-corrected chi connectivity index (χ1v) is 11.9. The monoisotopic (exact) mass is 464 g/mol. The fourth-order valence-electron chi connectivity index (χ4n) is 4.95. The first kappa shape index (κ1) is 23.8. The zero-order valence-corrected chi connectivity index (χ0v) is 19.9. The molecule has 2 unspecified atom stereocenters. The number of hydrogen-bond donors (Lipinski definition) is 3. The number of fused-ring (bicyclic) bond motifs is 3. The van der Waals surface area contributed by atoms with Gasteiger partial charge in [-0.25, -0.2) is 9.59 Å². The second kappa shape index (κ2) is 9.12. The fourth-order valence-corrected chi connectivity index (χ4v) is 4.95. The first-order chi connectivity index (χ1) is 16.2. The van der Waals surface area contributed by atoms with Gasteiger partial charge in [0.05, 0.1) is 0 Å². The Kier molecular flexibility index (Phi) is 6.39. The van der Waals surface area contributed by atoms with Crippen LogP contribution in [-0.4, -0.2) is 40.8 Å². The molecule has 2 aromatic rings. The third-order valence-corrected chi connectivity index (χ3v) is 7.18. The van der Waals surface area contributed by atoms with Crippen molar-refractivity contribution in [3.8, 4) is 11.1 Å². The van der Waals surface area contributed by atoms with Crippen molar-refractivity contribution in [2.75, 3.05) is 6.61 Å². The molecule has 2 aliphatic rings. The van der Waals surface area contributed by atoms with E-state index in [-0.39, 0.29) is 18.4 Å². The summed E-state index contributed by atoms with van der Waals surface area (Å²) in [5.41, 5.74) is 1.85. The smallest absolute Gasteiger partial charge is 0.408 e. The van der Waals surface area contributed by atoms with Crippen LogP contribution in [0.5, 0.6) is 0 Å². The van der Waals surface area contributed by atoms with Crippen LogP contribution in [0, 0.1) is 5.92 Å². The predicted molar refractivity (Wildman–Crippen MR) is 128 cm³/mol. The molecule has 7 heteroatoms. The van der Waals surface area contributed by atoms with E-state index in [0.717, 1.165) is 35.1 Å². The van der Waals surface area contributed by atoms with Gasteiger partial charge in [0.25, 0.3) is 0 Å². The highest BCUT2D eigenvalue weighted by Crippen LogP contribution is 2.44. The van der Waals surface area contributed by atoms with Crippen molar-refractivity contribution in [1.29, 1.82) is 0 Å². The number of carbonyl (C=O) groups excluding carboxylic acids is 2. The number of alkyl carbamates (subject to hydrolysis) is 1. The van der Waals surface area contributed by atoms with E-state index in [1.54, 1.807) is 6.92 Å². The van der Waals surface area contributed by atoms with Gasteiger partial charge in [0.15, 0.2) is 0 Å². The van der Waals surface area contributed by atoms with E-state index >= 15 is 0 Å². The lowest BCUT2D eigenvalue weighted by molar-refractivity contribution is -0.148. The van der Waals surface area contributed by atoms with E-state index in [1.165, 1.54) is 6.92 Å². The fraction of sp³-hybridized carbons (Fsp3) is 0.444. The summed E-state index contributed by atoms with van der Waals surface area (Å²) in [5, 5.41) is 15.1. The molecule has 1 fully saturated rings. The minimum atomic E-state index is -1.40.